The van der Waals surface area contributed by atoms with Crippen LogP contribution in [0.15, 0.2) is 30.6 Å². The van der Waals surface area contributed by atoms with E-state index in [9.17, 15) is 9.59 Å². The van der Waals surface area contributed by atoms with Gasteiger partial charge in [0.15, 0.2) is 5.78 Å². The third-order valence-electron chi connectivity index (χ3n) is 5.38. The fourth-order valence-electron chi connectivity index (χ4n) is 3.81. The number of carbonyl (C=O) groups excluding carboxylic acids is 2. The second kappa shape index (κ2) is 12.1. The monoisotopic (exact) mass is 460 g/mol. The van der Waals surface area contributed by atoms with Crippen LogP contribution in [0.4, 0.5) is 0 Å². The summed E-state index contributed by atoms with van der Waals surface area (Å²) in [7, 11) is 0. The molecular weight excluding hydrogens is 424 g/mol. The van der Waals surface area contributed by atoms with E-state index < -0.39 is 23.5 Å². The van der Waals surface area contributed by atoms with Gasteiger partial charge in [0.2, 0.25) is 5.91 Å². The van der Waals surface area contributed by atoms with Crippen LogP contribution in [0, 0.1) is 17.3 Å². The second-order valence-corrected chi connectivity index (χ2v) is 9.79. The number of benzene rings is 1. The maximum Gasteiger partial charge on any atom is 0.226 e. The van der Waals surface area contributed by atoms with Crippen molar-refractivity contribution in [3.63, 3.8) is 0 Å². The quantitative estimate of drug-likeness (QED) is 0.413. The summed E-state index contributed by atoms with van der Waals surface area (Å²) in [5.41, 5.74) is 3.62. The van der Waals surface area contributed by atoms with Gasteiger partial charge in [0.25, 0.3) is 0 Å². The highest BCUT2D eigenvalue weighted by atomic mass is 16.8. The summed E-state index contributed by atoms with van der Waals surface area (Å²) < 4.78 is 6.12. The first-order valence-electron chi connectivity index (χ1n) is 11.2. The minimum Gasteiger partial charge on any atom is -0.370 e. The second-order valence-electron chi connectivity index (χ2n) is 9.79. The lowest BCUT2D eigenvalue weighted by Gasteiger charge is -2.33. The highest BCUT2D eigenvalue weighted by molar-refractivity contribution is 5.89. The molecule has 0 spiro atoms. The Morgan fingerprint density at radius 2 is 1.79 bits per heavy atom. The average Bonchev–Trinajstić information content (AvgIpc) is 2.74. The van der Waals surface area contributed by atoms with Crippen LogP contribution in [0.25, 0.3) is 11.0 Å². The molecule has 0 saturated carbocycles. The van der Waals surface area contributed by atoms with Crippen molar-refractivity contribution in [1.29, 1.82) is 0 Å². The fraction of sp³-hybridized carbons (Fsp3) is 0.583. The lowest BCUT2D eigenvalue weighted by molar-refractivity contribution is -0.170. The van der Waals surface area contributed by atoms with Crippen molar-refractivity contribution in [2.45, 2.75) is 66.7 Å². The molecule has 1 amide bonds. The highest BCUT2D eigenvalue weighted by Crippen LogP contribution is 2.24. The van der Waals surface area contributed by atoms with Crippen molar-refractivity contribution < 1.29 is 24.4 Å². The summed E-state index contributed by atoms with van der Waals surface area (Å²) in [4.78, 5) is 39.1. The van der Waals surface area contributed by atoms with Crippen LogP contribution in [0.5, 0.6) is 0 Å². The summed E-state index contributed by atoms with van der Waals surface area (Å²) in [5, 5.41) is 11.9. The summed E-state index contributed by atoms with van der Waals surface area (Å²) in [6, 6.07) is 5.01. The molecule has 0 bridgehead atoms. The van der Waals surface area contributed by atoms with Crippen LogP contribution in [-0.2, 0) is 25.8 Å². The fourth-order valence-corrected chi connectivity index (χ4v) is 3.81. The van der Waals surface area contributed by atoms with Gasteiger partial charge in [0.05, 0.1) is 42.3 Å². The van der Waals surface area contributed by atoms with Crippen molar-refractivity contribution in [2.75, 3.05) is 6.61 Å². The van der Waals surface area contributed by atoms with E-state index in [0.717, 1.165) is 16.6 Å². The number of hydrogen-bond acceptors (Lipinski definition) is 8. The van der Waals surface area contributed by atoms with Crippen molar-refractivity contribution in [1.82, 2.24) is 20.9 Å². The maximum absolute atomic E-state index is 13.3. The molecule has 9 nitrogen and oxygen atoms in total. The summed E-state index contributed by atoms with van der Waals surface area (Å²) in [6.45, 7) is 11.4. The normalized spacial score (nSPS) is 14.8. The molecule has 3 atom stereocenters. The number of rotatable bonds is 12. The Kier molecular flexibility index (Phi) is 9.85. The lowest BCUT2D eigenvalue weighted by atomic mass is 9.83. The Morgan fingerprint density at radius 1 is 1.12 bits per heavy atom. The SMILES string of the molecule is CC(=O)[C@@H](NC(=O)[C@H](CC(C)C)C(CONO)OCc1ccc2nccnc2c1)C(C)(C)C. The number of aromatic nitrogens is 2. The number of nitrogens with one attached hydrogen (secondary N) is 2. The summed E-state index contributed by atoms with van der Waals surface area (Å²) in [6.07, 6.45) is 3.11. The number of fused-ring (bicyclic) bond motifs is 1. The molecule has 2 rings (SSSR count). The number of ether oxygens (including phenoxy) is 1. The molecule has 0 aliphatic rings. The zero-order valence-corrected chi connectivity index (χ0v) is 20.3. The third-order valence-corrected chi connectivity index (χ3v) is 5.38. The smallest absolute Gasteiger partial charge is 0.226 e. The zero-order valence-electron chi connectivity index (χ0n) is 20.3. The average molecular weight is 461 g/mol. The molecule has 0 radical (unpaired) electrons. The van der Waals surface area contributed by atoms with Crippen LogP contribution in [0.1, 0.15) is 53.5 Å². The molecule has 1 unspecified atom stereocenters. The van der Waals surface area contributed by atoms with E-state index in [-0.39, 0.29) is 30.8 Å². The number of amides is 1. The number of carbonyl (C=O) groups is 2. The molecule has 0 aliphatic heterocycles. The van der Waals surface area contributed by atoms with E-state index >= 15 is 0 Å². The lowest BCUT2D eigenvalue weighted by Crippen LogP contribution is -2.52. The maximum atomic E-state index is 13.3. The Balaban J connectivity index is 2.23. The molecule has 33 heavy (non-hydrogen) atoms. The molecule has 3 N–H and O–H groups in total. The van der Waals surface area contributed by atoms with Gasteiger partial charge in [-0.1, -0.05) is 46.3 Å². The Hall–Kier alpha value is -2.46. The van der Waals surface area contributed by atoms with E-state index in [2.05, 4.69) is 15.3 Å². The van der Waals surface area contributed by atoms with Gasteiger partial charge >= 0.3 is 0 Å². The Labute approximate surface area is 195 Å². The number of nitrogens with zero attached hydrogens (tertiary/aromatic N) is 2. The molecule has 2 aromatic rings. The number of Topliss-reactive ketones (excluding diaryl/α,β-unsaturated/α-hetero) is 1. The first kappa shape index (κ1) is 26.8. The van der Waals surface area contributed by atoms with Gasteiger partial charge in [-0.3, -0.25) is 29.6 Å². The molecule has 0 saturated heterocycles. The molecule has 182 valence electrons. The minimum atomic E-state index is -0.669. The number of ketones is 1. The standard InChI is InChI=1S/C24H36N4O5/c1-15(2)11-18(23(30)27-22(16(3)29)24(4,5)6)21(14-33-28-31)32-13-17-7-8-19-20(12-17)26-10-9-25-19/h7-10,12,15,18,21-22,28,31H,11,13-14H2,1-6H3,(H,27,30)/t18-,21?,22-/m1/s1. The topological polar surface area (TPSA) is 123 Å². The van der Waals surface area contributed by atoms with E-state index in [1.54, 1.807) is 18.0 Å². The van der Waals surface area contributed by atoms with Gasteiger partial charge in [0.1, 0.15) is 0 Å². The van der Waals surface area contributed by atoms with E-state index in [4.69, 9.17) is 14.8 Å². The molecule has 1 aromatic heterocycles. The van der Waals surface area contributed by atoms with Gasteiger partial charge in [-0.2, -0.15) is 0 Å². The van der Waals surface area contributed by atoms with Crippen LogP contribution >= 0.6 is 0 Å². The zero-order chi connectivity index (χ0) is 24.6. The summed E-state index contributed by atoms with van der Waals surface area (Å²) in [5.74, 6) is -0.796. The van der Waals surface area contributed by atoms with Gasteiger partial charge in [-0.25, -0.2) is 0 Å². The number of hydrogen-bond donors (Lipinski definition) is 3. The van der Waals surface area contributed by atoms with Gasteiger partial charge in [-0.15, -0.1) is 0 Å². The first-order chi connectivity index (χ1) is 15.5. The van der Waals surface area contributed by atoms with Crippen molar-refractivity contribution >= 4 is 22.7 Å². The van der Waals surface area contributed by atoms with Crippen LogP contribution < -0.4 is 11.0 Å². The van der Waals surface area contributed by atoms with Gasteiger partial charge < -0.3 is 10.1 Å². The molecular formula is C24H36N4O5. The van der Waals surface area contributed by atoms with E-state index in [0.29, 0.717) is 6.42 Å². The predicted octanol–water partition coefficient (Wildman–Crippen LogP) is 3.21. The minimum absolute atomic E-state index is 0.0606. The Morgan fingerprint density at radius 3 is 2.36 bits per heavy atom. The van der Waals surface area contributed by atoms with Crippen LogP contribution in [0.3, 0.4) is 0 Å². The molecule has 1 heterocycles. The first-order valence-corrected chi connectivity index (χ1v) is 11.2. The highest BCUT2D eigenvalue weighted by Gasteiger charge is 2.36. The summed E-state index contributed by atoms with van der Waals surface area (Å²) >= 11 is 0. The third kappa shape index (κ3) is 8.12. The van der Waals surface area contributed by atoms with Crippen molar-refractivity contribution in [3.05, 3.63) is 36.2 Å². The van der Waals surface area contributed by atoms with Gasteiger partial charge in [0, 0.05) is 12.4 Å². The van der Waals surface area contributed by atoms with E-state index in [1.807, 2.05) is 52.8 Å². The van der Waals surface area contributed by atoms with E-state index in [1.165, 1.54) is 6.92 Å². The Bertz CT molecular complexity index is 928. The molecule has 9 heteroatoms. The van der Waals surface area contributed by atoms with Gasteiger partial charge in [-0.05, 0) is 42.4 Å². The molecule has 0 fully saturated rings. The largest absolute Gasteiger partial charge is 0.370 e. The van der Waals surface area contributed by atoms with Crippen molar-refractivity contribution in [2.24, 2.45) is 17.3 Å². The van der Waals surface area contributed by atoms with Crippen molar-refractivity contribution in [3.8, 4) is 0 Å². The van der Waals surface area contributed by atoms with Crippen LogP contribution in [0.2, 0.25) is 0 Å². The molecule has 0 aliphatic carbocycles. The van der Waals surface area contributed by atoms with Crippen LogP contribution in [-0.4, -0.2) is 45.6 Å². The predicted molar refractivity (Wildman–Crippen MR) is 124 cm³/mol. The molecule has 1 aromatic carbocycles.